The molecule has 0 spiro atoms. The van der Waals surface area contributed by atoms with Gasteiger partial charge in [-0.3, -0.25) is 0 Å². The SMILES string of the molecule is COc1ccc(Br)cc1C(C)(C)C(C)N. The summed E-state index contributed by atoms with van der Waals surface area (Å²) in [5, 5.41) is 0. The van der Waals surface area contributed by atoms with Crippen molar-refractivity contribution >= 4 is 15.9 Å². The highest BCUT2D eigenvalue weighted by Crippen LogP contribution is 2.35. The van der Waals surface area contributed by atoms with Gasteiger partial charge in [0.2, 0.25) is 0 Å². The molecule has 3 heteroatoms. The molecule has 1 rings (SSSR count). The molecule has 84 valence electrons. The van der Waals surface area contributed by atoms with Crippen LogP contribution in [0.2, 0.25) is 0 Å². The van der Waals surface area contributed by atoms with Crippen LogP contribution in [0.25, 0.3) is 0 Å². The Kier molecular flexibility index (Phi) is 3.79. The van der Waals surface area contributed by atoms with E-state index in [4.69, 9.17) is 10.5 Å². The first-order chi connectivity index (χ1) is 6.89. The van der Waals surface area contributed by atoms with E-state index in [0.29, 0.717) is 0 Å². The van der Waals surface area contributed by atoms with Gasteiger partial charge in [-0.05, 0) is 25.1 Å². The maximum atomic E-state index is 6.01. The van der Waals surface area contributed by atoms with Crippen LogP contribution in [0.4, 0.5) is 0 Å². The summed E-state index contributed by atoms with van der Waals surface area (Å²) in [6.07, 6.45) is 0. The first kappa shape index (κ1) is 12.5. The first-order valence-corrected chi connectivity index (χ1v) is 5.78. The molecule has 0 saturated carbocycles. The molecular weight excluding hydrogens is 254 g/mol. The highest BCUT2D eigenvalue weighted by molar-refractivity contribution is 9.10. The highest BCUT2D eigenvalue weighted by Gasteiger charge is 2.28. The zero-order valence-electron chi connectivity index (χ0n) is 9.67. The number of hydrogen-bond donors (Lipinski definition) is 1. The third-order valence-electron chi connectivity index (χ3n) is 2.99. The predicted molar refractivity (Wildman–Crippen MR) is 67.4 cm³/mol. The third kappa shape index (κ3) is 2.52. The van der Waals surface area contributed by atoms with Gasteiger partial charge in [-0.15, -0.1) is 0 Å². The Morgan fingerprint density at radius 1 is 1.40 bits per heavy atom. The summed E-state index contributed by atoms with van der Waals surface area (Å²) in [4.78, 5) is 0. The van der Waals surface area contributed by atoms with Crippen molar-refractivity contribution in [3.63, 3.8) is 0 Å². The van der Waals surface area contributed by atoms with E-state index in [1.807, 2.05) is 19.1 Å². The molecule has 0 aliphatic carbocycles. The van der Waals surface area contributed by atoms with Crippen LogP contribution in [0.5, 0.6) is 5.75 Å². The van der Waals surface area contributed by atoms with Crippen LogP contribution in [0.3, 0.4) is 0 Å². The van der Waals surface area contributed by atoms with E-state index in [9.17, 15) is 0 Å². The maximum Gasteiger partial charge on any atom is 0.122 e. The minimum absolute atomic E-state index is 0.0701. The molecule has 0 aliphatic heterocycles. The second-order valence-corrected chi connectivity index (χ2v) is 5.27. The Morgan fingerprint density at radius 3 is 2.47 bits per heavy atom. The molecule has 1 atom stereocenters. The molecule has 0 aromatic heterocycles. The Hall–Kier alpha value is -0.540. The maximum absolute atomic E-state index is 6.01. The van der Waals surface area contributed by atoms with Gasteiger partial charge in [0.1, 0.15) is 5.75 Å². The average Bonchev–Trinajstić information content (AvgIpc) is 2.17. The van der Waals surface area contributed by atoms with E-state index >= 15 is 0 Å². The summed E-state index contributed by atoms with van der Waals surface area (Å²) in [7, 11) is 1.68. The minimum Gasteiger partial charge on any atom is -0.496 e. The van der Waals surface area contributed by atoms with Gasteiger partial charge in [0.15, 0.2) is 0 Å². The molecule has 2 N–H and O–H groups in total. The minimum atomic E-state index is -0.102. The second kappa shape index (κ2) is 4.54. The van der Waals surface area contributed by atoms with Crippen molar-refractivity contribution in [1.82, 2.24) is 0 Å². The van der Waals surface area contributed by atoms with Crippen molar-refractivity contribution in [2.45, 2.75) is 32.2 Å². The number of ether oxygens (including phenoxy) is 1. The molecule has 1 aromatic carbocycles. The summed E-state index contributed by atoms with van der Waals surface area (Å²) < 4.78 is 6.41. The number of methoxy groups -OCH3 is 1. The van der Waals surface area contributed by atoms with Crippen molar-refractivity contribution in [2.75, 3.05) is 7.11 Å². The molecule has 0 heterocycles. The van der Waals surface area contributed by atoms with E-state index < -0.39 is 0 Å². The van der Waals surface area contributed by atoms with E-state index in [1.165, 1.54) is 0 Å². The lowest BCUT2D eigenvalue weighted by Gasteiger charge is -2.31. The fourth-order valence-electron chi connectivity index (χ4n) is 1.43. The van der Waals surface area contributed by atoms with Crippen LogP contribution in [-0.4, -0.2) is 13.2 Å². The van der Waals surface area contributed by atoms with Gasteiger partial charge in [0.05, 0.1) is 7.11 Å². The van der Waals surface area contributed by atoms with Crippen LogP contribution in [0.15, 0.2) is 22.7 Å². The van der Waals surface area contributed by atoms with Crippen molar-refractivity contribution in [2.24, 2.45) is 5.73 Å². The molecule has 0 fully saturated rings. The molecule has 0 bridgehead atoms. The third-order valence-corrected chi connectivity index (χ3v) is 3.49. The first-order valence-electron chi connectivity index (χ1n) is 4.99. The smallest absolute Gasteiger partial charge is 0.122 e. The molecule has 15 heavy (non-hydrogen) atoms. The Labute approximate surface area is 99.9 Å². The summed E-state index contributed by atoms with van der Waals surface area (Å²) in [6.45, 7) is 6.27. The molecule has 0 radical (unpaired) electrons. The number of rotatable bonds is 3. The van der Waals surface area contributed by atoms with Gasteiger partial charge in [-0.1, -0.05) is 29.8 Å². The monoisotopic (exact) mass is 271 g/mol. The van der Waals surface area contributed by atoms with Crippen LogP contribution >= 0.6 is 15.9 Å². The van der Waals surface area contributed by atoms with E-state index in [2.05, 4.69) is 35.8 Å². The van der Waals surface area contributed by atoms with Gasteiger partial charge < -0.3 is 10.5 Å². The van der Waals surface area contributed by atoms with Crippen molar-refractivity contribution in [3.05, 3.63) is 28.2 Å². The Balaban J connectivity index is 3.28. The molecule has 0 aliphatic rings. The average molecular weight is 272 g/mol. The number of hydrogen-bond acceptors (Lipinski definition) is 2. The lowest BCUT2D eigenvalue weighted by Crippen LogP contribution is -2.38. The molecular formula is C12H18BrNO. The van der Waals surface area contributed by atoms with Crippen molar-refractivity contribution < 1.29 is 4.74 Å². The summed E-state index contributed by atoms with van der Waals surface area (Å²) in [6, 6.07) is 6.08. The Bertz CT molecular complexity index is 347. The van der Waals surface area contributed by atoms with Gasteiger partial charge in [-0.25, -0.2) is 0 Å². The Morgan fingerprint density at radius 2 is 2.00 bits per heavy atom. The van der Waals surface area contributed by atoms with Crippen LogP contribution in [0, 0.1) is 0 Å². The zero-order valence-corrected chi connectivity index (χ0v) is 11.3. The van der Waals surface area contributed by atoms with Crippen LogP contribution in [-0.2, 0) is 5.41 Å². The van der Waals surface area contributed by atoms with Crippen molar-refractivity contribution in [3.8, 4) is 5.75 Å². The summed E-state index contributed by atoms with van der Waals surface area (Å²) in [5.74, 6) is 0.889. The van der Waals surface area contributed by atoms with Gasteiger partial charge in [-0.2, -0.15) is 0 Å². The fraction of sp³-hybridized carbons (Fsp3) is 0.500. The van der Waals surface area contributed by atoms with E-state index in [1.54, 1.807) is 7.11 Å². The molecule has 1 unspecified atom stereocenters. The normalized spacial score (nSPS) is 13.7. The zero-order chi connectivity index (χ0) is 11.6. The summed E-state index contributed by atoms with van der Waals surface area (Å²) >= 11 is 3.47. The van der Waals surface area contributed by atoms with Gasteiger partial charge >= 0.3 is 0 Å². The van der Waals surface area contributed by atoms with Crippen LogP contribution < -0.4 is 10.5 Å². The largest absolute Gasteiger partial charge is 0.496 e. The number of benzene rings is 1. The molecule has 1 aromatic rings. The van der Waals surface area contributed by atoms with Crippen LogP contribution in [0.1, 0.15) is 26.3 Å². The fourth-order valence-corrected chi connectivity index (χ4v) is 1.79. The number of nitrogens with two attached hydrogens (primary N) is 1. The molecule has 0 amide bonds. The van der Waals surface area contributed by atoms with Gasteiger partial charge in [0.25, 0.3) is 0 Å². The molecule has 0 saturated heterocycles. The lowest BCUT2D eigenvalue weighted by atomic mass is 9.78. The standard InChI is InChI=1S/C12H18BrNO/c1-8(14)12(2,3)10-7-9(13)5-6-11(10)15-4/h5-8H,14H2,1-4H3. The predicted octanol–water partition coefficient (Wildman–Crippen LogP) is 3.08. The highest BCUT2D eigenvalue weighted by atomic mass is 79.9. The second-order valence-electron chi connectivity index (χ2n) is 4.35. The lowest BCUT2D eigenvalue weighted by molar-refractivity contribution is 0.373. The quantitative estimate of drug-likeness (QED) is 0.917. The topological polar surface area (TPSA) is 35.2 Å². The van der Waals surface area contributed by atoms with E-state index in [-0.39, 0.29) is 11.5 Å². The number of halogens is 1. The van der Waals surface area contributed by atoms with Crippen molar-refractivity contribution in [1.29, 1.82) is 0 Å². The summed E-state index contributed by atoms with van der Waals surface area (Å²) in [5.41, 5.74) is 7.04. The van der Waals surface area contributed by atoms with E-state index in [0.717, 1.165) is 15.8 Å². The van der Waals surface area contributed by atoms with Gasteiger partial charge in [0, 0.05) is 21.5 Å². The molecule has 2 nitrogen and oxygen atoms in total.